The van der Waals surface area contributed by atoms with Crippen molar-refractivity contribution in [2.45, 2.75) is 6.18 Å². The van der Waals surface area contributed by atoms with Crippen molar-refractivity contribution >= 4 is 23.5 Å². The van der Waals surface area contributed by atoms with Gasteiger partial charge in [-0.2, -0.15) is 13.2 Å². The van der Waals surface area contributed by atoms with Gasteiger partial charge in [-0.05, 0) is 36.4 Å². The smallest absolute Gasteiger partial charge is 0.419 e. The molecule has 0 fully saturated rings. The van der Waals surface area contributed by atoms with E-state index in [1.807, 2.05) is 0 Å². The van der Waals surface area contributed by atoms with E-state index in [0.29, 0.717) is 11.6 Å². The molecule has 3 rings (SSSR count). The van der Waals surface area contributed by atoms with Crippen molar-refractivity contribution in [2.24, 2.45) is 0 Å². The van der Waals surface area contributed by atoms with Crippen LogP contribution in [0, 0.1) is 5.82 Å². The Morgan fingerprint density at radius 2 is 1.44 bits per heavy atom. The molecule has 0 unspecified atom stereocenters. The van der Waals surface area contributed by atoms with Crippen molar-refractivity contribution in [1.29, 1.82) is 0 Å². The van der Waals surface area contributed by atoms with E-state index in [4.69, 9.17) is 11.6 Å². The predicted molar refractivity (Wildman–Crippen MR) is 107 cm³/mol. The summed E-state index contributed by atoms with van der Waals surface area (Å²) in [5.41, 5.74) is -0.470. The zero-order valence-corrected chi connectivity index (χ0v) is 17.4. The molecule has 0 bridgehead atoms. The van der Waals surface area contributed by atoms with E-state index < -0.39 is 29.5 Å². The summed E-state index contributed by atoms with van der Waals surface area (Å²) in [4.78, 5) is 29.9. The number of hydrogen-bond donors (Lipinski definition) is 0. The van der Waals surface area contributed by atoms with Gasteiger partial charge in [-0.15, -0.1) is 0 Å². The molecular formula is C21H15ClF4N2O4. The Morgan fingerprint density at radius 3 is 1.94 bits per heavy atom. The summed E-state index contributed by atoms with van der Waals surface area (Å²) in [6.45, 7) is 0. The quantitative estimate of drug-likeness (QED) is 0.297. The molecule has 1 aromatic carbocycles. The lowest BCUT2D eigenvalue weighted by Crippen LogP contribution is -2.08. The first-order valence-electron chi connectivity index (χ1n) is 8.68. The average Bonchev–Trinajstić information content (AvgIpc) is 2.77. The predicted octanol–water partition coefficient (Wildman–Crippen LogP) is 5.21. The Bertz CT molecular complexity index is 1120. The Kier molecular flexibility index (Phi) is 8.25. The van der Waals surface area contributed by atoms with Gasteiger partial charge >= 0.3 is 18.1 Å². The van der Waals surface area contributed by atoms with Gasteiger partial charge in [0.25, 0.3) is 0 Å². The topological polar surface area (TPSA) is 78.4 Å². The summed E-state index contributed by atoms with van der Waals surface area (Å²) < 4.78 is 60.0. The Hall–Kier alpha value is -3.53. The van der Waals surface area contributed by atoms with Crippen molar-refractivity contribution in [3.8, 4) is 11.3 Å². The summed E-state index contributed by atoms with van der Waals surface area (Å²) in [6, 6.07) is 8.15. The normalized spacial score (nSPS) is 10.6. The highest BCUT2D eigenvalue weighted by molar-refractivity contribution is 6.29. The highest BCUT2D eigenvalue weighted by Gasteiger charge is 2.34. The minimum atomic E-state index is -4.76. The molecule has 32 heavy (non-hydrogen) atoms. The molecule has 0 saturated carbocycles. The number of nitrogens with zero attached hydrogens (tertiary/aromatic N) is 2. The van der Waals surface area contributed by atoms with E-state index in [1.54, 1.807) is 0 Å². The Labute approximate surface area is 184 Å². The molecule has 2 heterocycles. The van der Waals surface area contributed by atoms with Crippen molar-refractivity contribution in [2.75, 3.05) is 14.2 Å². The number of esters is 2. The van der Waals surface area contributed by atoms with Gasteiger partial charge < -0.3 is 9.47 Å². The van der Waals surface area contributed by atoms with Gasteiger partial charge in [-0.3, -0.25) is 4.98 Å². The molecule has 0 aliphatic rings. The third-order valence-corrected chi connectivity index (χ3v) is 4.11. The molecule has 2 aromatic heterocycles. The van der Waals surface area contributed by atoms with E-state index in [1.165, 1.54) is 50.9 Å². The fraction of sp³-hybridized carbons (Fsp3) is 0.143. The second kappa shape index (κ2) is 10.7. The van der Waals surface area contributed by atoms with Crippen LogP contribution in [0.1, 0.15) is 26.3 Å². The molecule has 0 spiro atoms. The van der Waals surface area contributed by atoms with E-state index >= 15 is 0 Å². The van der Waals surface area contributed by atoms with Crippen LogP contribution in [0.4, 0.5) is 17.6 Å². The van der Waals surface area contributed by atoms with Crippen LogP contribution >= 0.6 is 11.6 Å². The third kappa shape index (κ3) is 6.48. The SMILES string of the molecule is COC(=O)c1ccnc(-c2ccc(C(F)(F)F)c(F)c2)c1.COC(=O)c1ccnc(Cl)c1. The number of carbonyl (C=O) groups excluding carboxylic acids is 2. The molecule has 6 nitrogen and oxygen atoms in total. The van der Waals surface area contributed by atoms with E-state index in [2.05, 4.69) is 19.4 Å². The fourth-order valence-electron chi connectivity index (χ4n) is 2.38. The minimum absolute atomic E-state index is 0.131. The number of benzene rings is 1. The van der Waals surface area contributed by atoms with Gasteiger partial charge in [0.05, 0.1) is 36.6 Å². The molecule has 11 heteroatoms. The Balaban J connectivity index is 0.000000278. The maximum atomic E-state index is 13.5. The van der Waals surface area contributed by atoms with Gasteiger partial charge in [-0.1, -0.05) is 17.7 Å². The maximum absolute atomic E-state index is 13.5. The van der Waals surface area contributed by atoms with Crippen molar-refractivity contribution in [1.82, 2.24) is 9.97 Å². The number of methoxy groups -OCH3 is 2. The molecular weight excluding hydrogens is 456 g/mol. The van der Waals surface area contributed by atoms with E-state index in [0.717, 1.165) is 12.1 Å². The van der Waals surface area contributed by atoms with Gasteiger partial charge in [0.15, 0.2) is 0 Å². The number of halogens is 5. The molecule has 3 aromatic rings. The lowest BCUT2D eigenvalue weighted by Gasteiger charge is -2.09. The van der Waals surface area contributed by atoms with Crippen molar-refractivity contribution in [3.05, 3.63) is 82.5 Å². The monoisotopic (exact) mass is 470 g/mol. The standard InChI is InChI=1S/C14H9F4NO2.C7H6ClNO2/c1-21-13(20)9-4-5-19-12(7-9)8-2-3-10(11(15)6-8)14(16,17)18;1-11-7(10)5-2-3-9-6(8)4-5/h2-7H,1H3;2-4H,1H3. The summed E-state index contributed by atoms with van der Waals surface area (Å²) >= 11 is 5.53. The average molecular weight is 471 g/mol. The first-order valence-corrected chi connectivity index (χ1v) is 9.06. The number of pyridine rings is 2. The second-order valence-corrected chi connectivity index (χ2v) is 6.36. The van der Waals surface area contributed by atoms with Crippen molar-refractivity contribution < 1.29 is 36.6 Å². The van der Waals surface area contributed by atoms with E-state index in [9.17, 15) is 27.2 Å². The summed E-state index contributed by atoms with van der Waals surface area (Å²) in [6.07, 6.45) is -2.02. The molecule has 0 amide bonds. The number of rotatable bonds is 3. The van der Waals surface area contributed by atoms with Gasteiger partial charge in [0, 0.05) is 18.0 Å². The number of hydrogen-bond acceptors (Lipinski definition) is 6. The van der Waals surface area contributed by atoms with Crippen LogP contribution in [-0.2, 0) is 15.7 Å². The van der Waals surface area contributed by atoms with E-state index in [-0.39, 0.29) is 22.0 Å². The lowest BCUT2D eigenvalue weighted by molar-refractivity contribution is -0.139. The molecule has 0 saturated heterocycles. The first kappa shape index (κ1) is 24.7. The second-order valence-electron chi connectivity index (χ2n) is 5.97. The minimum Gasteiger partial charge on any atom is -0.465 e. The van der Waals surface area contributed by atoms with Crippen LogP contribution in [0.3, 0.4) is 0 Å². The first-order chi connectivity index (χ1) is 15.1. The third-order valence-electron chi connectivity index (χ3n) is 3.90. The summed E-state index contributed by atoms with van der Waals surface area (Å²) in [5, 5.41) is 0.285. The fourth-order valence-corrected chi connectivity index (χ4v) is 2.56. The largest absolute Gasteiger partial charge is 0.465 e. The maximum Gasteiger partial charge on any atom is 0.419 e. The van der Waals surface area contributed by atoms with Crippen LogP contribution in [0.5, 0.6) is 0 Å². The zero-order chi connectivity index (χ0) is 23.9. The van der Waals surface area contributed by atoms with Crippen LogP contribution in [-0.4, -0.2) is 36.1 Å². The zero-order valence-electron chi connectivity index (χ0n) is 16.6. The Morgan fingerprint density at radius 1 is 0.875 bits per heavy atom. The van der Waals surface area contributed by atoms with Crippen LogP contribution in [0.2, 0.25) is 5.15 Å². The highest BCUT2D eigenvalue weighted by Crippen LogP contribution is 2.33. The number of carbonyl (C=O) groups is 2. The van der Waals surface area contributed by atoms with Gasteiger partial charge in [0.2, 0.25) is 0 Å². The lowest BCUT2D eigenvalue weighted by atomic mass is 10.1. The van der Waals surface area contributed by atoms with Crippen LogP contribution < -0.4 is 0 Å². The van der Waals surface area contributed by atoms with Crippen LogP contribution in [0.25, 0.3) is 11.3 Å². The van der Waals surface area contributed by atoms with Crippen molar-refractivity contribution in [3.63, 3.8) is 0 Å². The van der Waals surface area contributed by atoms with Gasteiger partial charge in [0.1, 0.15) is 11.0 Å². The number of alkyl halides is 3. The molecule has 0 atom stereocenters. The summed E-state index contributed by atoms with van der Waals surface area (Å²) in [7, 11) is 2.51. The number of ether oxygens (including phenoxy) is 2. The molecule has 0 N–H and O–H groups in total. The summed E-state index contributed by atoms with van der Waals surface area (Å²) in [5.74, 6) is -2.43. The molecule has 0 aliphatic carbocycles. The van der Waals surface area contributed by atoms with Crippen LogP contribution in [0.15, 0.2) is 54.9 Å². The van der Waals surface area contributed by atoms with Gasteiger partial charge in [-0.25, -0.2) is 19.0 Å². The molecule has 0 aliphatic heterocycles. The number of aromatic nitrogens is 2. The molecule has 0 radical (unpaired) electrons. The molecule has 168 valence electrons. The highest BCUT2D eigenvalue weighted by atomic mass is 35.5.